The molecular formula is C8H6F6N2. The molecule has 0 aliphatic rings. The molecule has 0 saturated heterocycles. The van der Waals surface area contributed by atoms with Gasteiger partial charge in [-0.25, -0.2) is 18.2 Å². The molecule has 1 aromatic heterocycles. The van der Waals surface area contributed by atoms with Crippen LogP contribution in [0.2, 0.25) is 0 Å². The van der Waals surface area contributed by atoms with Gasteiger partial charge in [0, 0.05) is 18.2 Å². The number of halogens is 6. The predicted octanol–water partition coefficient (Wildman–Crippen LogP) is 2.64. The fourth-order valence-corrected chi connectivity index (χ4v) is 1.10. The third kappa shape index (κ3) is 2.43. The van der Waals surface area contributed by atoms with E-state index in [4.69, 9.17) is 5.73 Å². The second kappa shape index (κ2) is 4.28. The minimum Gasteiger partial charge on any atom is -0.326 e. The first kappa shape index (κ1) is 12.8. The van der Waals surface area contributed by atoms with E-state index in [2.05, 4.69) is 4.98 Å². The van der Waals surface area contributed by atoms with E-state index >= 15 is 0 Å². The van der Waals surface area contributed by atoms with Crippen LogP contribution in [0.4, 0.5) is 26.3 Å². The zero-order valence-electron chi connectivity index (χ0n) is 7.65. The molecule has 8 heteroatoms. The first-order valence-electron chi connectivity index (χ1n) is 4.02. The van der Waals surface area contributed by atoms with Crippen molar-refractivity contribution < 1.29 is 26.3 Å². The molecule has 0 amide bonds. The van der Waals surface area contributed by atoms with Gasteiger partial charge in [-0.1, -0.05) is 0 Å². The summed E-state index contributed by atoms with van der Waals surface area (Å²) in [5.41, 5.74) is 1.02. The summed E-state index contributed by atoms with van der Waals surface area (Å²) in [6.07, 6.45) is -8.29. The number of hydrogen-bond acceptors (Lipinski definition) is 2. The van der Waals surface area contributed by atoms with Crippen LogP contribution in [0.5, 0.6) is 0 Å². The SMILES string of the molecule is NCc1c(F)cc(C(F)F)nc1C(F)(F)F. The zero-order valence-corrected chi connectivity index (χ0v) is 7.65. The Kier molecular flexibility index (Phi) is 3.41. The van der Waals surface area contributed by atoms with E-state index in [-0.39, 0.29) is 6.07 Å². The Morgan fingerprint density at radius 2 is 1.88 bits per heavy atom. The number of nitrogens with two attached hydrogens (primary N) is 1. The summed E-state index contributed by atoms with van der Waals surface area (Å²) in [7, 11) is 0. The van der Waals surface area contributed by atoms with E-state index in [1.54, 1.807) is 0 Å². The molecule has 2 N–H and O–H groups in total. The summed E-state index contributed by atoms with van der Waals surface area (Å²) in [5.74, 6) is -1.43. The summed E-state index contributed by atoms with van der Waals surface area (Å²) in [5, 5.41) is 0. The number of alkyl halides is 5. The van der Waals surface area contributed by atoms with Crippen molar-refractivity contribution in [3.63, 3.8) is 0 Å². The molecule has 0 aromatic carbocycles. The first-order valence-corrected chi connectivity index (χ1v) is 4.02. The zero-order chi connectivity index (χ0) is 12.5. The first-order chi connectivity index (χ1) is 7.27. The van der Waals surface area contributed by atoms with Gasteiger partial charge in [0.1, 0.15) is 11.5 Å². The molecule has 16 heavy (non-hydrogen) atoms. The summed E-state index contributed by atoms with van der Waals surface area (Å²) >= 11 is 0. The van der Waals surface area contributed by atoms with Crippen LogP contribution >= 0.6 is 0 Å². The third-order valence-corrected chi connectivity index (χ3v) is 1.79. The highest BCUT2D eigenvalue weighted by Crippen LogP contribution is 2.33. The van der Waals surface area contributed by atoms with Crippen LogP contribution in [0, 0.1) is 5.82 Å². The molecule has 0 radical (unpaired) electrons. The van der Waals surface area contributed by atoms with E-state index in [9.17, 15) is 26.3 Å². The molecule has 1 heterocycles. The van der Waals surface area contributed by atoms with Crippen molar-refractivity contribution in [2.24, 2.45) is 5.73 Å². The van der Waals surface area contributed by atoms with E-state index < -0.39 is 41.9 Å². The summed E-state index contributed by atoms with van der Waals surface area (Å²) in [6.45, 7) is -0.767. The Hall–Kier alpha value is -1.31. The molecule has 0 aliphatic heterocycles. The number of pyridine rings is 1. The molecule has 90 valence electrons. The van der Waals surface area contributed by atoms with Crippen molar-refractivity contribution in [1.29, 1.82) is 0 Å². The Labute approximate surface area is 86.1 Å². The van der Waals surface area contributed by atoms with Gasteiger partial charge in [0.25, 0.3) is 6.43 Å². The van der Waals surface area contributed by atoms with Gasteiger partial charge in [0.15, 0.2) is 5.69 Å². The maximum absolute atomic E-state index is 13.0. The van der Waals surface area contributed by atoms with Crippen LogP contribution in [0.3, 0.4) is 0 Å². The van der Waals surface area contributed by atoms with Gasteiger partial charge in [-0.2, -0.15) is 13.2 Å². The molecule has 0 saturated carbocycles. The molecular weight excluding hydrogens is 238 g/mol. The molecule has 0 spiro atoms. The third-order valence-electron chi connectivity index (χ3n) is 1.79. The number of nitrogens with zero attached hydrogens (tertiary/aromatic N) is 1. The highest BCUT2D eigenvalue weighted by Gasteiger charge is 2.37. The van der Waals surface area contributed by atoms with Crippen LogP contribution in [0.25, 0.3) is 0 Å². The highest BCUT2D eigenvalue weighted by atomic mass is 19.4. The van der Waals surface area contributed by atoms with Gasteiger partial charge in [-0.3, -0.25) is 0 Å². The standard InChI is InChI=1S/C8H6F6N2/c9-4-1-5(7(10)11)16-6(3(4)2-15)8(12,13)14/h1,7H,2,15H2. The second-order valence-corrected chi connectivity index (χ2v) is 2.86. The van der Waals surface area contributed by atoms with Gasteiger partial charge in [-0.15, -0.1) is 0 Å². The lowest BCUT2D eigenvalue weighted by molar-refractivity contribution is -0.142. The van der Waals surface area contributed by atoms with Gasteiger partial charge in [-0.05, 0) is 0 Å². The van der Waals surface area contributed by atoms with Crippen LogP contribution in [0.1, 0.15) is 23.4 Å². The van der Waals surface area contributed by atoms with E-state index in [1.165, 1.54) is 0 Å². The number of rotatable bonds is 2. The number of aromatic nitrogens is 1. The maximum atomic E-state index is 13.0. The fraction of sp³-hybridized carbons (Fsp3) is 0.375. The van der Waals surface area contributed by atoms with Gasteiger partial charge < -0.3 is 5.73 Å². The highest BCUT2D eigenvalue weighted by molar-refractivity contribution is 5.27. The second-order valence-electron chi connectivity index (χ2n) is 2.86. The van der Waals surface area contributed by atoms with Gasteiger partial charge in [0.05, 0.1) is 0 Å². The normalized spacial score (nSPS) is 12.2. The Bertz CT molecular complexity index is 387. The van der Waals surface area contributed by atoms with Crippen molar-refractivity contribution in [1.82, 2.24) is 4.98 Å². The Morgan fingerprint density at radius 3 is 2.25 bits per heavy atom. The van der Waals surface area contributed by atoms with Gasteiger partial charge in [0.2, 0.25) is 0 Å². The lowest BCUT2D eigenvalue weighted by atomic mass is 10.1. The van der Waals surface area contributed by atoms with Crippen LogP contribution in [-0.2, 0) is 12.7 Å². The van der Waals surface area contributed by atoms with Crippen LogP contribution < -0.4 is 5.73 Å². The quantitative estimate of drug-likeness (QED) is 0.812. The molecule has 1 rings (SSSR count). The molecule has 0 atom stereocenters. The topological polar surface area (TPSA) is 38.9 Å². The molecule has 2 nitrogen and oxygen atoms in total. The Balaban J connectivity index is 3.43. The predicted molar refractivity (Wildman–Crippen MR) is 42.0 cm³/mol. The Morgan fingerprint density at radius 1 is 1.31 bits per heavy atom. The minimum absolute atomic E-state index is 0.252. The maximum Gasteiger partial charge on any atom is 0.433 e. The van der Waals surface area contributed by atoms with Crippen LogP contribution in [-0.4, -0.2) is 4.98 Å². The largest absolute Gasteiger partial charge is 0.433 e. The van der Waals surface area contributed by atoms with Crippen molar-refractivity contribution in [3.8, 4) is 0 Å². The molecule has 0 fully saturated rings. The summed E-state index contributed by atoms with van der Waals surface area (Å²) < 4.78 is 74.3. The molecule has 0 unspecified atom stereocenters. The minimum atomic E-state index is -5.01. The number of hydrogen-bond donors (Lipinski definition) is 1. The van der Waals surface area contributed by atoms with E-state index in [0.29, 0.717) is 0 Å². The summed E-state index contributed by atoms with van der Waals surface area (Å²) in [4.78, 5) is 2.68. The van der Waals surface area contributed by atoms with Crippen LogP contribution in [0.15, 0.2) is 6.07 Å². The lowest BCUT2D eigenvalue weighted by Crippen LogP contribution is -2.17. The lowest BCUT2D eigenvalue weighted by Gasteiger charge is -2.13. The van der Waals surface area contributed by atoms with E-state index in [0.717, 1.165) is 0 Å². The van der Waals surface area contributed by atoms with Crippen molar-refractivity contribution in [3.05, 3.63) is 28.8 Å². The van der Waals surface area contributed by atoms with E-state index in [1.807, 2.05) is 0 Å². The van der Waals surface area contributed by atoms with Gasteiger partial charge >= 0.3 is 6.18 Å². The van der Waals surface area contributed by atoms with Crippen molar-refractivity contribution in [2.75, 3.05) is 0 Å². The average Bonchev–Trinajstić information content (AvgIpc) is 2.14. The summed E-state index contributed by atoms with van der Waals surface area (Å²) in [6, 6.07) is 0.252. The smallest absolute Gasteiger partial charge is 0.326 e. The van der Waals surface area contributed by atoms with Crippen molar-refractivity contribution in [2.45, 2.75) is 19.1 Å². The molecule has 1 aromatic rings. The molecule has 0 aliphatic carbocycles. The van der Waals surface area contributed by atoms with Crippen molar-refractivity contribution >= 4 is 0 Å². The average molecular weight is 244 g/mol. The molecule has 0 bridgehead atoms. The monoisotopic (exact) mass is 244 g/mol. The fourth-order valence-electron chi connectivity index (χ4n) is 1.10.